The van der Waals surface area contributed by atoms with Crippen LogP contribution in [0.15, 0.2) is 0 Å². The highest BCUT2D eigenvalue weighted by Gasteiger charge is 2.17. The van der Waals surface area contributed by atoms with Crippen LogP contribution in [-0.2, 0) is 4.74 Å². The topological polar surface area (TPSA) is 46.5 Å². The van der Waals surface area contributed by atoms with E-state index < -0.39 is 5.43 Å². The molecule has 1 N–H and O–H groups in total. The normalized spacial score (nSPS) is 22.3. The van der Waals surface area contributed by atoms with Gasteiger partial charge in [-0.15, -0.1) is 0 Å². The first-order valence-corrected chi connectivity index (χ1v) is 6.10. The van der Waals surface area contributed by atoms with Crippen LogP contribution in [0.2, 0.25) is 0 Å². The van der Waals surface area contributed by atoms with Gasteiger partial charge in [-0.1, -0.05) is 12.8 Å². The van der Waals surface area contributed by atoms with E-state index in [0.29, 0.717) is 0 Å². The Morgan fingerprint density at radius 3 is 1.87 bits per heavy atom. The first-order chi connectivity index (χ1) is 7.18. The number of halogens is 1. The minimum absolute atomic E-state index is 0.0463. The monoisotopic (exact) mass is 234 g/mol. The van der Waals surface area contributed by atoms with Crippen molar-refractivity contribution >= 4 is 17.0 Å². The molecule has 0 aromatic carbocycles. The van der Waals surface area contributed by atoms with Crippen molar-refractivity contribution in [1.29, 1.82) is 0 Å². The number of carbonyl (C=O) groups is 1. The van der Waals surface area contributed by atoms with Crippen molar-refractivity contribution in [2.24, 2.45) is 0 Å². The van der Waals surface area contributed by atoms with E-state index in [9.17, 15) is 4.79 Å². The molecule has 88 valence electrons. The summed E-state index contributed by atoms with van der Waals surface area (Å²) in [4.78, 5) is 10.1. The fraction of sp³-hybridized carbons (Fsp3) is 0.909. The van der Waals surface area contributed by atoms with Gasteiger partial charge in [0, 0.05) is 11.6 Å². The van der Waals surface area contributed by atoms with Gasteiger partial charge >= 0.3 is 5.43 Å². The maximum atomic E-state index is 10.1. The van der Waals surface area contributed by atoms with Gasteiger partial charge < -0.3 is 9.84 Å². The van der Waals surface area contributed by atoms with E-state index in [-0.39, 0.29) is 12.2 Å². The summed E-state index contributed by atoms with van der Waals surface area (Å²) in [5.74, 6) is 0. The van der Waals surface area contributed by atoms with Gasteiger partial charge in [0.25, 0.3) is 0 Å². The predicted molar refractivity (Wildman–Crippen MR) is 59.1 cm³/mol. The van der Waals surface area contributed by atoms with Gasteiger partial charge in [-0.3, -0.25) is 0 Å². The van der Waals surface area contributed by atoms with Gasteiger partial charge in [-0.25, -0.2) is 4.79 Å². The van der Waals surface area contributed by atoms with Crippen molar-refractivity contribution in [2.75, 3.05) is 0 Å². The lowest BCUT2D eigenvalue weighted by atomic mass is 10.3. The molecule has 0 spiro atoms. The molecule has 0 aliphatic heterocycles. The lowest BCUT2D eigenvalue weighted by Gasteiger charge is -2.05. The van der Waals surface area contributed by atoms with E-state index in [1.807, 2.05) is 0 Å². The van der Waals surface area contributed by atoms with Gasteiger partial charge in [-0.2, -0.15) is 0 Å². The van der Waals surface area contributed by atoms with Crippen LogP contribution in [0.5, 0.6) is 0 Å². The highest BCUT2D eigenvalue weighted by Crippen LogP contribution is 2.21. The SMILES string of the molecule is O=C(Cl)OC1CCCC1.OC1CCCC1. The van der Waals surface area contributed by atoms with E-state index in [1.54, 1.807) is 0 Å². The highest BCUT2D eigenvalue weighted by atomic mass is 35.5. The molecule has 0 aromatic rings. The largest absolute Gasteiger partial charge is 0.450 e. The number of aliphatic hydroxyl groups excluding tert-OH is 1. The van der Waals surface area contributed by atoms with Gasteiger partial charge in [0.05, 0.1) is 6.10 Å². The van der Waals surface area contributed by atoms with Crippen LogP contribution in [0, 0.1) is 0 Å². The standard InChI is InChI=1S/C6H9ClO2.C5H10O/c7-6(8)9-5-3-1-2-4-5;6-5-3-1-2-4-5/h5H,1-4H2;5-6H,1-4H2. The molecule has 0 aromatic heterocycles. The number of hydrogen-bond acceptors (Lipinski definition) is 3. The molecular formula is C11H19ClO3. The third-order valence-electron chi connectivity index (χ3n) is 2.89. The molecule has 0 atom stereocenters. The molecule has 15 heavy (non-hydrogen) atoms. The van der Waals surface area contributed by atoms with Crippen molar-refractivity contribution in [1.82, 2.24) is 0 Å². The molecule has 4 heteroatoms. The van der Waals surface area contributed by atoms with E-state index in [2.05, 4.69) is 0 Å². The third kappa shape index (κ3) is 6.00. The number of rotatable bonds is 1. The molecular weight excluding hydrogens is 216 g/mol. The lowest BCUT2D eigenvalue weighted by molar-refractivity contribution is 0.125. The maximum absolute atomic E-state index is 10.1. The van der Waals surface area contributed by atoms with Gasteiger partial charge in [0.2, 0.25) is 0 Å². The molecule has 0 radical (unpaired) electrons. The van der Waals surface area contributed by atoms with E-state index >= 15 is 0 Å². The Bertz CT molecular complexity index is 184. The zero-order valence-corrected chi connectivity index (χ0v) is 9.71. The number of aliphatic hydroxyl groups is 1. The van der Waals surface area contributed by atoms with Crippen LogP contribution in [-0.4, -0.2) is 22.7 Å². The summed E-state index contributed by atoms with van der Waals surface area (Å²) in [6.07, 6.45) is 9.00. The highest BCUT2D eigenvalue weighted by molar-refractivity contribution is 6.61. The van der Waals surface area contributed by atoms with E-state index in [0.717, 1.165) is 38.5 Å². The smallest absolute Gasteiger partial charge is 0.404 e. The Morgan fingerprint density at radius 2 is 1.53 bits per heavy atom. The summed E-state index contributed by atoms with van der Waals surface area (Å²) in [5, 5.41) is 8.73. The minimum Gasteiger partial charge on any atom is -0.450 e. The molecule has 0 unspecified atom stereocenters. The third-order valence-corrected chi connectivity index (χ3v) is 2.98. The molecule has 2 saturated carbocycles. The van der Waals surface area contributed by atoms with E-state index in [1.165, 1.54) is 12.8 Å². The van der Waals surface area contributed by atoms with Gasteiger partial charge in [0.1, 0.15) is 6.10 Å². The van der Waals surface area contributed by atoms with Crippen molar-refractivity contribution in [2.45, 2.75) is 63.6 Å². The molecule has 0 heterocycles. The zero-order valence-electron chi connectivity index (χ0n) is 8.95. The summed E-state index contributed by atoms with van der Waals surface area (Å²) in [6, 6.07) is 0. The summed E-state index contributed by atoms with van der Waals surface area (Å²) in [5.41, 5.74) is -0.665. The Balaban J connectivity index is 0.000000162. The number of ether oxygens (including phenoxy) is 1. The molecule has 2 aliphatic rings. The zero-order chi connectivity index (χ0) is 11.1. The summed E-state index contributed by atoms with van der Waals surface area (Å²) >= 11 is 5.00. The molecule has 2 fully saturated rings. The molecule has 0 saturated heterocycles. The Morgan fingerprint density at radius 1 is 1.07 bits per heavy atom. The maximum Gasteiger partial charge on any atom is 0.404 e. The second kappa shape index (κ2) is 7.07. The lowest BCUT2D eigenvalue weighted by Crippen LogP contribution is -2.08. The molecule has 2 rings (SSSR count). The minimum atomic E-state index is -0.665. The summed E-state index contributed by atoms with van der Waals surface area (Å²) < 4.78 is 4.74. The fourth-order valence-electron chi connectivity index (χ4n) is 2.04. The Kier molecular flexibility index (Phi) is 6.03. The van der Waals surface area contributed by atoms with Crippen molar-refractivity contribution in [3.8, 4) is 0 Å². The van der Waals surface area contributed by atoms with Crippen LogP contribution in [0.1, 0.15) is 51.4 Å². The number of carbonyl (C=O) groups excluding carboxylic acids is 1. The predicted octanol–water partition coefficient (Wildman–Crippen LogP) is 3.23. The first-order valence-electron chi connectivity index (χ1n) is 5.72. The van der Waals surface area contributed by atoms with Crippen molar-refractivity contribution in [3.63, 3.8) is 0 Å². The van der Waals surface area contributed by atoms with Crippen molar-refractivity contribution in [3.05, 3.63) is 0 Å². The molecule has 0 amide bonds. The van der Waals surface area contributed by atoms with Crippen LogP contribution in [0.3, 0.4) is 0 Å². The average Bonchev–Trinajstić information content (AvgIpc) is 2.78. The quantitative estimate of drug-likeness (QED) is 0.709. The van der Waals surface area contributed by atoms with Gasteiger partial charge in [-0.05, 0) is 38.5 Å². The molecule has 3 nitrogen and oxygen atoms in total. The molecule has 0 bridgehead atoms. The van der Waals surface area contributed by atoms with Crippen LogP contribution < -0.4 is 0 Å². The summed E-state index contributed by atoms with van der Waals surface area (Å²) in [7, 11) is 0. The van der Waals surface area contributed by atoms with Crippen LogP contribution in [0.4, 0.5) is 4.79 Å². The van der Waals surface area contributed by atoms with Gasteiger partial charge in [0.15, 0.2) is 0 Å². The Labute approximate surface area is 95.8 Å². The number of hydrogen-bond donors (Lipinski definition) is 1. The van der Waals surface area contributed by atoms with E-state index in [4.69, 9.17) is 21.4 Å². The Hall–Kier alpha value is -0.280. The second-order valence-corrected chi connectivity index (χ2v) is 4.51. The van der Waals surface area contributed by atoms with Crippen molar-refractivity contribution < 1.29 is 14.6 Å². The average molecular weight is 235 g/mol. The second-order valence-electron chi connectivity index (χ2n) is 4.20. The van der Waals surface area contributed by atoms with Crippen LogP contribution >= 0.6 is 11.6 Å². The fourth-order valence-corrected chi connectivity index (χ4v) is 2.17. The first kappa shape index (κ1) is 12.8. The summed E-state index contributed by atoms with van der Waals surface area (Å²) in [6.45, 7) is 0. The van der Waals surface area contributed by atoms with Crippen LogP contribution in [0.25, 0.3) is 0 Å². The molecule has 2 aliphatic carbocycles.